The number of amides is 1. The Labute approximate surface area is 119 Å². The second kappa shape index (κ2) is 6.70. The number of aromatic nitrogens is 1. The van der Waals surface area contributed by atoms with Gasteiger partial charge in [-0.2, -0.15) is 0 Å². The van der Waals surface area contributed by atoms with Crippen molar-refractivity contribution in [3.63, 3.8) is 0 Å². The highest BCUT2D eigenvalue weighted by molar-refractivity contribution is 5.76. The molecule has 0 saturated carbocycles. The van der Waals surface area contributed by atoms with Crippen molar-refractivity contribution in [1.82, 2.24) is 10.3 Å². The van der Waals surface area contributed by atoms with E-state index in [1.54, 1.807) is 12.4 Å². The molecule has 0 aliphatic rings. The molecular formula is C16H19N3O. The van der Waals surface area contributed by atoms with Crippen LogP contribution in [0.25, 0.3) is 0 Å². The number of anilines is 1. The van der Waals surface area contributed by atoms with Gasteiger partial charge in [0.15, 0.2) is 0 Å². The number of nitrogens with two attached hydrogens (primary N) is 1. The molecule has 20 heavy (non-hydrogen) atoms. The number of nitrogen functional groups attached to an aromatic ring is 1. The van der Waals surface area contributed by atoms with Gasteiger partial charge in [-0.05, 0) is 42.7 Å². The summed E-state index contributed by atoms with van der Waals surface area (Å²) in [4.78, 5) is 16.0. The zero-order chi connectivity index (χ0) is 14.4. The minimum Gasteiger partial charge on any atom is -0.399 e. The number of carbonyl (C=O) groups is 1. The largest absolute Gasteiger partial charge is 0.399 e. The summed E-state index contributed by atoms with van der Waals surface area (Å²) in [5, 5.41) is 2.97. The lowest BCUT2D eigenvalue weighted by atomic mass is 10.1. The second-order valence-electron chi connectivity index (χ2n) is 4.82. The van der Waals surface area contributed by atoms with Gasteiger partial charge < -0.3 is 11.1 Å². The Morgan fingerprint density at radius 3 is 2.70 bits per heavy atom. The van der Waals surface area contributed by atoms with Crippen LogP contribution < -0.4 is 11.1 Å². The van der Waals surface area contributed by atoms with E-state index in [9.17, 15) is 4.79 Å². The Kier molecular flexibility index (Phi) is 4.71. The van der Waals surface area contributed by atoms with Crippen LogP contribution in [0.4, 0.5) is 5.69 Å². The summed E-state index contributed by atoms with van der Waals surface area (Å²) in [6.45, 7) is 1.96. The molecule has 0 radical (unpaired) electrons. The zero-order valence-corrected chi connectivity index (χ0v) is 11.5. The van der Waals surface area contributed by atoms with Gasteiger partial charge in [-0.1, -0.05) is 18.2 Å². The third-order valence-electron chi connectivity index (χ3n) is 3.18. The summed E-state index contributed by atoms with van der Waals surface area (Å²) >= 11 is 0. The number of rotatable bonds is 5. The standard InChI is InChI=1S/C16H19N3O/c1-12(14-3-2-10-18-11-14)19-16(20)9-6-13-4-7-15(17)8-5-13/h2-5,7-8,10-12H,6,9,17H2,1H3,(H,19,20)/t12-/m0/s1. The number of hydrogen-bond acceptors (Lipinski definition) is 3. The first-order chi connectivity index (χ1) is 9.65. The fraction of sp³-hybridized carbons (Fsp3) is 0.250. The van der Waals surface area contributed by atoms with Gasteiger partial charge in [-0.3, -0.25) is 9.78 Å². The minimum absolute atomic E-state index is 0.0254. The molecule has 1 amide bonds. The van der Waals surface area contributed by atoms with Crippen LogP contribution in [0.1, 0.15) is 30.5 Å². The van der Waals surface area contributed by atoms with Crippen molar-refractivity contribution in [2.24, 2.45) is 0 Å². The highest BCUT2D eigenvalue weighted by Crippen LogP contribution is 2.11. The number of hydrogen-bond donors (Lipinski definition) is 2. The third-order valence-corrected chi connectivity index (χ3v) is 3.18. The Bertz CT molecular complexity index is 552. The van der Waals surface area contributed by atoms with Crippen LogP contribution in [0.5, 0.6) is 0 Å². The molecule has 1 aromatic heterocycles. The molecule has 0 aliphatic heterocycles. The molecule has 2 rings (SSSR count). The van der Waals surface area contributed by atoms with E-state index in [1.165, 1.54) is 0 Å². The molecule has 4 heteroatoms. The van der Waals surface area contributed by atoms with Crippen LogP contribution in [-0.4, -0.2) is 10.9 Å². The first-order valence-electron chi connectivity index (χ1n) is 6.69. The number of benzene rings is 1. The van der Waals surface area contributed by atoms with E-state index in [4.69, 9.17) is 5.73 Å². The maximum atomic E-state index is 11.9. The summed E-state index contributed by atoms with van der Waals surface area (Å²) in [7, 11) is 0. The number of nitrogens with one attached hydrogen (secondary N) is 1. The number of aryl methyl sites for hydroxylation is 1. The van der Waals surface area contributed by atoms with E-state index < -0.39 is 0 Å². The first-order valence-corrected chi connectivity index (χ1v) is 6.69. The van der Waals surface area contributed by atoms with Gasteiger partial charge in [0.1, 0.15) is 0 Å². The summed E-state index contributed by atoms with van der Waals surface area (Å²) in [6.07, 6.45) is 4.67. The summed E-state index contributed by atoms with van der Waals surface area (Å²) in [6, 6.07) is 11.4. The van der Waals surface area contributed by atoms with Gasteiger partial charge in [0.2, 0.25) is 5.91 Å². The van der Waals surface area contributed by atoms with Crippen molar-refractivity contribution in [3.8, 4) is 0 Å². The van der Waals surface area contributed by atoms with Crippen LogP contribution in [0.2, 0.25) is 0 Å². The molecule has 1 heterocycles. The van der Waals surface area contributed by atoms with E-state index in [1.807, 2.05) is 43.3 Å². The van der Waals surface area contributed by atoms with Crippen molar-refractivity contribution >= 4 is 11.6 Å². The topological polar surface area (TPSA) is 68.0 Å². The number of pyridine rings is 1. The Hall–Kier alpha value is -2.36. The van der Waals surface area contributed by atoms with E-state index in [-0.39, 0.29) is 11.9 Å². The van der Waals surface area contributed by atoms with Gasteiger partial charge in [-0.15, -0.1) is 0 Å². The van der Waals surface area contributed by atoms with Gasteiger partial charge in [-0.25, -0.2) is 0 Å². The van der Waals surface area contributed by atoms with Crippen molar-refractivity contribution in [2.45, 2.75) is 25.8 Å². The van der Waals surface area contributed by atoms with E-state index in [0.29, 0.717) is 12.8 Å². The van der Waals surface area contributed by atoms with Gasteiger partial charge >= 0.3 is 0 Å². The van der Waals surface area contributed by atoms with Crippen LogP contribution >= 0.6 is 0 Å². The molecule has 0 unspecified atom stereocenters. The molecule has 4 nitrogen and oxygen atoms in total. The SMILES string of the molecule is C[C@H](NC(=O)CCc1ccc(N)cc1)c1cccnc1. The molecule has 0 saturated heterocycles. The maximum Gasteiger partial charge on any atom is 0.220 e. The summed E-state index contributed by atoms with van der Waals surface area (Å²) in [5.74, 6) is 0.0400. The quantitative estimate of drug-likeness (QED) is 0.819. The maximum absolute atomic E-state index is 11.9. The smallest absolute Gasteiger partial charge is 0.220 e. The minimum atomic E-state index is -0.0254. The normalized spacial score (nSPS) is 11.8. The summed E-state index contributed by atoms with van der Waals surface area (Å²) < 4.78 is 0. The van der Waals surface area contributed by atoms with Crippen molar-refractivity contribution in [3.05, 3.63) is 59.9 Å². The Morgan fingerprint density at radius 1 is 1.30 bits per heavy atom. The number of carbonyl (C=O) groups excluding carboxylic acids is 1. The van der Waals surface area contributed by atoms with Crippen molar-refractivity contribution < 1.29 is 4.79 Å². The van der Waals surface area contributed by atoms with Gasteiger partial charge in [0, 0.05) is 24.5 Å². The highest BCUT2D eigenvalue weighted by Gasteiger charge is 2.09. The molecule has 0 bridgehead atoms. The fourth-order valence-electron chi connectivity index (χ4n) is 1.97. The van der Waals surface area contributed by atoms with E-state index in [0.717, 1.165) is 16.8 Å². The Morgan fingerprint density at radius 2 is 2.05 bits per heavy atom. The predicted octanol–water partition coefficient (Wildman–Crippen LogP) is 2.47. The second-order valence-corrected chi connectivity index (χ2v) is 4.82. The molecule has 2 aromatic rings. The lowest BCUT2D eigenvalue weighted by Crippen LogP contribution is -2.26. The first kappa shape index (κ1) is 14.1. The molecule has 104 valence electrons. The molecule has 1 aromatic carbocycles. The average molecular weight is 269 g/mol. The lowest BCUT2D eigenvalue weighted by Gasteiger charge is -2.13. The molecule has 0 spiro atoms. The Balaban J connectivity index is 1.82. The molecule has 0 aliphatic carbocycles. The van der Waals surface area contributed by atoms with Crippen LogP contribution in [-0.2, 0) is 11.2 Å². The molecular weight excluding hydrogens is 250 g/mol. The average Bonchev–Trinajstić information content (AvgIpc) is 2.47. The highest BCUT2D eigenvalue weighted by atomic mass is 16.1. The molecule has 1 atom stereocenters. The van der Waals surface area contributed by atoms with E-state index >= 15 is 0 Å². The van der Waals surface area contributed by atoms with E-state index in [2.05, 4.69) is 10.3 Å². The predicted molar refractivity (Wildman–Crippen MR) is 80.0 cm³/mol. The van der Waals surface area contributed by atoms with Gasteiger partial charge in [0.05, 0.1) is 6.04 Å². The summed E-state index contributed by atoms with van der Waals surface area (Å²) in [5.41, 5.74) is 8.49. The zero-order valence-electron chi connectivity index (χ0n) is 11.5. The van der Waals surface area contributed by atoms with Gasteiger partial charge in [0.25, 0.3) is 0 Å². The molecule has 3 N–H and O–H groups in total. The third kappa shape index (κ3) is 4.09. The van der Waals surface area contributed by atoms with Crippen LogP contribution in [0.15, 0.2) is 48.8 Å². The molecule has 0 fully saturated rings. The van der Waals surface area contributed by atoms with Crippen molar-refractivity contribution in [1.29, 1.82) is 0 Å². The van der Waals surface area contributed by atoms with Crippen molar-refractivity contribution in [2.75, 3.05) is 5.73 Å². The number of nitrogens with zero attached hydrogens (tertiary/aromatic N) is 1. The monoisotopic (exact) mass is 269 g/mol. The van der Waals surface area contributed by atoms with Crippen LogP contribution in [0, 0.1) is 0 Å². The lowest BCUT2D eigenvalue weighted by molar-refractivity contribution is -0.121. The van der Waals surface area contributed by atoms with Crippen LogP contribution in [0.3, 0.4) is 0 Å². The fourth-order valence-corrected chi connectivity index (χ4v) is 1.97.